The molecule has 2 atom stereocenters. The second-order valence-electron chi connectivity index (χ2n) is 20.7. The molecular weight excluding hydrogens is 815 g/mol. The number of carbonyl (C=O) groups excluding carboxylic acids is 2. The van der Waals surface area contributed by atoms with Crippen LogP contribution in [-0.4, -0.2) is 47.4 Å². The van der Waals surface area contributed by atoms with Gasteiger partial charge in [0, 0.05) is 12.8 Å². The van der Waals surface area contributed by atoms with Crippen LogP contribution in [0, 0.1) is 0 Å². The molecule has 0 aromatic rings. The smallest absolute Gasteiger partial charge is 0.305 e. The zero-order valence-electron chi connectivity index (χ0n) is 44.7. The number of allylic oxidation sites excluding steroid dienone is 1. The number of aliphatic hydroxyl groups excluding tert-OH is 2. The van der Waals surface area contributed by atoms with Crippen molar-refractivity contribution in [2.75, 3.05) is 13.2 Å². The Balaban J connectivity index is 3.32. The van der Waals surface area contributed by atoms with Crippen LogP contribution in [0.25, 0.3) is 0 Å². The second-order valence-corrected chi connectivity index (χ2v) is 20.7. The minimum Gasteiger partial charge on any atom is -0.466 e. The Morgan fingerprint density at radius 2 is 0.697 bits per heavy atom. The van der Waals surface area contributed by atoms with Crippen molar-refractivity contribution < 1.29 is 24.5 Å². The summed E-state index contributed by atoms with van der Waals surface area (Å²) in [5.41, 5.74) is 0. The normalized spacial score (nSPS) is 12.6. The minimum absolute atomic E-state index is 0.0191. The van der Waals surface area contributed by atoms with Crippen LogP contribution in [-0.2, 0) is 14.3 Å². The highest BCUT2D eigenvalue weighted by molar-refractivity contribution is 5.76. The van der Waals surface area contributed by atoms with Crippen molar-refractivity contribution in [3.05, 3.63) is 12.2 Å². The predicted octanol–water partition coefficient (Wildman–Crippen LogP) is 18.5. The molecule has 392 valence electrons. The van der Waals surface area contributed by atoms with Gasteiger partial charge in [0.05, 0.1) is 25.4 Å². The highest BCUT2D eigenvalue weighted by Crippen LogP contribution is 2.18. The molecule has 0 aromatic carbocycles. The SMILES string of the molecule is CCCCCCCCC/C=C/C(O)C(CO)NC(=O)CCCCCCCCCCCCCCCCCCCCCCCCCCCOC(=O)CCCCCCCCCCCCCCCCC. The Morgan fingerprint density at radius 3 is 1.03 bits per heavy atom. The van der Waals surface area contributed by atoms with Crippen LogP contribution in [0.1, 0.15) is 335 Å². The van der Waals surface area contributed by atoms with Gasteiger partial charge in [-0.2, -0.15) is 0 Å². The summed E-state index contributed by atoms with van der Waals surface area (Å²) in [7, 11) is 0. The van der Waals surface area contributed by atoms with E-state index < -0.39 is 12.1 Å². The Labute approximate surface area is 412 Å². The molecule has 0 spiro atoms. The largest absolute Gasteiger partial charge is 0.466 e. The molecule has 0 radical (unpaired) electrons. The predicted molar refractivity (Wildman–Crippen MR) is 287 cm³/mol. The Kier molecular flexibility index (Phi) is 55.0. The van der Waals surface area contributed by atoms with Crippen molar-refractivity contribution in [2.45, 2.75) is 347 Å². The van der Waals surface area contributed by atoms with Gasteiger partial charge in [0.25, 0.3) is 0 Å². The molecule has 0 fully saturated rings. The average Bonchev–Trinajstić information content (AvgIpc) is 3.32. The number of unbranched alkanes of at least 4 members (excludes halogenated alkanes) is 45. The number of aliphatic hydroxyl groups is 2. The molecule has 0 aliphatic rings. The third-order valence-electron chi connectivity index (χ3n) is 14.1. The van der Waals surface area contributed by atoms with E-state index in [2.05, 4.69) is 19.2 Å². The molecule has 2 unspecified atom stereocenters. The second kappa shape index (κ2) is 56.2. The molecule has 0 saturated heterocycles. The summed E-state index contributed by atoms with van der Waals surface area (Å²) >= 11 is 0. The van der Waals surface area contributed by atoms with Crippen molar-refractivity contribution in [1.82, 2.24) is 5.32 Å². The van der Waals surface area contributed by atoms with E-state index in [-0.39, 0.29) is 18.5 Å². The maximum absolute atomic E-state index is 12.4. The Bertz CT molecular complexity index is 986. The lowest BCUT2D eigenvalue weighted by atomic mass is 10.0. The summed E-state index contributed by atoms with van der Waals surface area (Å²) in [6, 6.07) is -0.623. The summed E-state index contributed by atoms with van der Waals surface area (Å²) in [6.07, 6.45) is 66.9. The molecule has 0 aliphatic carbocycles. The number of ether oxygens (including phenoxy) is 1. The first-order valence-corrected chi connectivity index (χ1v) is 30.0. The highest BCUT2D eigenvalue weighted by Gasteiger charge is 2.18. The number of hydrogen-bond donors (Lipinski definition) is 3. The maximum atomic E-state index is 12.4. The Hall–Kier alpha value is -1.40. The van der Waals surface area contributed by atoms with Crippen LogP contribution >= 0.6 is 0 Å². The molecule has 0 aromatic heterocycles. The van der Waals surface area contributed by atoms with Crippen LogP contribution < -0.4 is 5.32 Å². The number of rotatable bonds is 56. The minimum atomic E-state index is -0.840. The number of amides is 1. The molecule has 0 saturated carbocycles. The van der Waals surface area contributed by atoms with Gasteiger partial charge in [0.1, 0.15) is 0 Å². The Morgan fingerprint density at radius 1 is 0.409 bits per heavy atom. The summed E-state index contributed by atoms with van der Waals surface area (Å²) in [4.78, 5) is 24.4. The summed E-state index contributed by atoms with van der Waals surface area (Å²) < 4.78 is 5.49. The summed E-state index contributed by atoms with van der Waals surface area (Å²) in [5.74, 6) is -0.0486. The van der Waals surface area contributed by atoms with Crippen molar-refractivity contribution in [3.8, 4) is 0 Å². The molecule has 0 bridgehead atoms. The van der Waals surface area contributed by atoms with E-state index in [1.807, 2.05) is 6.08 Å². The fraction of sp³-hybridized carbons (Fsp3) is 0.933. The van der Waals surface area contributed by atoms with Gasteiger partial charge in [0.2, 0.25) is 5.91 Å². The van der Waals surface area contributed by atoms with E-state index in [1.165, 1.54) is 270 Å². The molecule has 6 heteroatoms. The number of carbonyl (C=O) groups is 2. The van der Waals surface area contributed by atoms with Crippen LogP contribution in [0.3, 0.4) is 0 Å². The molecule has 1 amide bonds. The van der Waals surface area contributed by atoms with E-state index in [0.717, 1.165) is 38.5 Å². The fourth-order valence-electron chi connectivity index (χ4n) is 9.46. The molecule has 0 aliphatic heterocycles. The lowest BCUT2D eigenvalue weighted by Crippen LogP contribution is -2.45. The number of nitrogens with one attached hydrogen (secondary N) is 1. The molecule has 66 heavy (non-hydrogen) atoms. The molecule has 0 rings (SSSR count). The van der Waals surface area contributed by atoms with E-state index in [4.69, 9.17) is 4.74 Å². The van der Waals surface area contributed by atoms with Gasteiger partial charge in [-0.05, 0) is 32.1 Å². The maximum Gasteiger partial charge on any atom is 0.305 e. The van der Waals surface area contributed by atoms with Gasteiger partial charge in [-0.3, -0.25) is 9.59 Å². The number of esters is 1. The van der Waals surface area contributed by atoms with Crippen molar-refractivity contribution in [1.29, 1.82) is 0 Å². The first kappa shape index (κ1) is 64.6. The third kappa shape index (κ3) is 52.0. The van der Waals surface area contributed by atoms with Crippen LogP contribution in [0.15, 0.2) is 12.2 Å². The quantitative estimate of drug-likeness (QED) is 0.0321. The van der Waals surface area contributed by atoms with E-state index in [9.17, 15) is 19.8 Å². The van der Waals surface area contributed by atoms with Gasteiger partial charge < -0.3 is 20.3 Å². The van der Waals surface area contributed by atoms with Gasteiger partial charge in [0.15, 0.2) is 0 Å². The lowest BCUT2D eigenvalue weighted by Gasteiger charge is -2.20. The van der Waals surface area contributed by atoms with Gasteiger partial charge in [-0.15, -0.1) is 0 Å². The van der Waals surface area contributed by atoms with Crippen molar-refractivity contribution in [2.24, 2.45) is 0 Å². The van der Waals surface area contributed by atoms with Crippen LogP contribution in [0.5, 0.6) is 0 Å². The third-order valence-corrected chi connectivity index (χ3v) is 14.1. The van der Waals surface area contributed by atoms with Gasteiger partial charge >= 0.3 is 5.97 Å². The summed E-state index contributed by atoms with van der Waals surface area (Å²) in [5, 5.41) is 22.9. The number of hydrogen-bond acceptors (Lipinski definition) is 5. The monoisotopic (exact) mass is 932 g/mol. The standard InChI is InChI=1S/C60H117NO5/c1-3-5-7-9-11-13-14-15-27-31-34-38-42-46-50-54-60(65)66-55-51-47-43-39-35-32-29-26-24-22-20-18-16-17-19-21-23-25-28-30-33-37-41-45-49-53-59(64)61-57(56-62)58(63)52-48-44-40-36-12-10-8-6-4-2/h48,52,57-58,62-63H,3-47,49-51,53-56H2,1-2H3,(H,61,64)/b52-48+. The average molecular weight is 933 g/mol. The fourth-order valence-corrected chi connectivity index (χ4v) is 9.46. The highest BCUT2D eigenvalue weighted by atomic mass is 16.5. The summed E-state index contributed by atoms with van der Waals surface area (Å²) in [6.45, 7) is 4.90. The molecule has 6 nitrogen and oxygen atoms in total. The topological polar surface area (TPSA) is 95.9 Å². The first-order valence-electron chi connectivity index (χ1n) is 30.0. The zero-order valence-corrected chi connectivity index (χ0v) is 44.7. The molecular formula is C60H117NO5. The van der Waals surface area contributed by atoms with E-state index >= 15 is 0 Å². The lowest BCUT2D eigenvalue weighted by molar-refractivity contribution is -0.143. The molecule has 0 heterocycles. The van der Waals surface area contributed by atoms with Crippen LogP contribution in [0.4, 0.5) is 0 Å². The van der Waals surface area contributed by atoms with Crippen LogP contribution in [0.2, 0.25) is 0 Å². The van der Waals surface area contributed by atoms with E-state index in [0.29, 0.717) is 19.4 Å². The van der Waals surface area contributed by atoms with E-state index in [1.54, 1.807) is 6.08 Å². The van der Waals surface area contributed by atoms with Crippen molar-refractivity contribution >= 4 is 11.9 Å². The van der Waals surface area contributed by atoms with Gasteiger partial charge in [-0.25, -0.2) is 0 Å². The van der Waals surface area contributed by atoms with Crippen molar-refractivity contribution in [3.63, 3.8) is 0 Å². The molecule has 3 N–H and O–H groups in total. The zero-order chi connectivity index (χ0) is 47.9. The first-order chi connectivity index (χ1) is 32.5. The van der Waals surface area contributed by atoms with Gasteiger partial charge in [-0.1, -0.05) is 302 Å².